The SMILES string of the molecule is Cc1c(CN2CCSCC2)cc(-c2ccc(Cl)cc2)n1-c1ccc(Cl)cc1. The Hall–Kier alpha value is -1.39. The highest BCUT2D eigenvalue weighted by atomic mass is 35.5. The summed E-state index contributed by atoms with van der Waals surface area (Å²) < 4.78 is 2.33. The number of benzene rings is 2. The molecule has 2 aromatic carbocycles. The molecule has 0 unspecified atom stereocenters. The minimum Gasteiger partial charge on any atom is -0.314 e. The van der Waals surface area contributed by atoms with Gasteiger partial charge < -0.3 is 4.57 Å². The molecule has 0 saturated carbocycles. The first-order valence-electron chi connectivity index (χ1n) is 9.15. The van der Waals surface area contributed by atoms with Crippen molar-refractivity contribution < 1.29 is 0 Å². The first-order chi connectivity index (χ1) is 13.1. The Balaban J connectivity index is 1.78. The van der Waals surface area contributed by atoms with Gasteiger partial charge in [-0.05, 0) is 60.5 Å². The van der Waals surface area contributed by atoms with E-state index in [4.69, 9.17) is 23.2 Å². The topological polar surface area (TPSA) is 8.17 Å². The molecule has 5 heteroatoms. The lowest BCUT2D eigenvalue weighted by atomic mass is 10.1. The molecule has 1 aromatic heterocycles. The quantitative estimate of drug-likeness (QED) is 0.492. The van der Waals surface area contributed by atoms with Gasteiger partial charge in [-0.1, -0.05) is 35.3 Å². The molecule has 0 aliphatic carbocycles. The average Bonchev–Trinajstić information content (AvgIpc) is 3.00. The summed E-state index contributed by atoms with van der Waals surface area (Å²) in [6, 6.07) is 18.5. The molecule has 0 amide bonds. The first-order valence-corrected chi connectivity index (χ1v) is 11.1. The van der Waals surface area contributed by atoms with E-state index < -0.39 is 0 Å². The van der Waals surface area contributed by atoms with Crippen LogP contribution in [-0.2, 0) is 6.54 Å². The van der Waals surface area contributed by atoms with Gasteiger partial charge in [-0.2, -0.15) is 11.8 Å². The average molecular weight is 417 g/mol. The second-order valence-corrected chi connectivity index (χ2v) is 8.95. The Bertz CT molecular complexity index is 911. The van der Waals surface area contributed by atoms with Crippen LogP contribution in [0.15, 0.2) is 54.6 Å². The summed E-state index contributed by atoms with van der Waals surface area (Å²) in [5.41, 5.74) is 6.13. The molecule has 1 saturated heterocycles. The number of nitrogens with zero attached hydrogens (tertiary/aromatic N) is 2. The molecule has 2 heterocycles. The Kier molecular flexibility index (Phi) is 5.84. The largest absolute Gasteiger partial charge is 0.314 e. The predicted octanol–water partition coefficient (Wildman–Crippen LogP) is 6.31. The Morgan fingerprint density at radius 1 is 0.889 bits per heavy atom. The molecule has 0 atom stereocenters. The summed E-state index contributed by atoms with van der Waals surface area (Å²) in [5.74, 6) is 2.45. The number of halogens is 2. The van der Waals surface area contributed by atoms with Crippen LogP contribution in [0.1, 0.15) is 11.3 Å². The number of hydrogen-bond acceptors (Lipinski definition) is 2. The van der Waals surface area contributed by atoms with Crippen LogP contribution < -0.4 is 0 Å². The van der Waals surface area contributed by atoms with Crippen molar-refractivity contribution in [3.05, 3.63) is 75.9 Å². The van der Waals surface area contributed by atoms with Gasteiger partial charge in [0.25, 0.3) is 0 Å². The smallest absolute Gasteiger partial charge is 0.0534 e. The molecular weight excluding hydrogens is 395 g/mol. The van der Waals surface area contributed by atoms with E-state index in [0.29, 0.717) is 0 Å². The maximum absolute atomic E-state index is 6.11. The lowest BCUT2D eigenvalue weighted by molar-refractivity contribution is 0.294. The monoisotopic (exact) mass is 416 g/mol. The van der Waals surface area contributed by atoms with Gasteiger partial charge in [0.2, 0.25) is 0 Å². The van der Waals surface area contributed by atoms with Crippen molar-refractivity contribution >= 4 is 35.0 Å². The fourth-order valence-electron chi connectivity index (χ4n) is 3.57. The molecule has 27 heavy (non-hydrogen) atoms. The van der Waals surface area contributed by atoms with Crippen molar-refractivity contribution in [1.82, 2.24) is 9.47 Å². The predicted molar refractivity (Wildman–Crippen MR) is 119 cm³/mol. The Morgan fingerprint density at radius 3 is 2.11 bits per heavy atom. The van der Waals surface area contributed by atoms with Crippen LogP contribution in [0.3, 0.4) is 0 Å². The zero-order valence-electron chi connectivity index (χ0n) is 15.3. The van der Waals surface area contributed by atoms with E-state index in [2.05, 4.69) is 46.7 Å². The Labute approximate surface area is 175 Å². The van der Waals surface area contributed by atoms with Crippen LogP contribution in [-0.4, -0.2) is 34.1 Å². The molecule has 1 aliphatic heterocycles. The highest BCUT2D eigenvalue weighted by Gasteiger charge is 2.18. The third-order valence-corrected chi connectivity index (χ3v) is 6.52. The molecule has 0 bridgehead atoms. The summed E-state index contributed by atoms with van der Waals surface area (Å²) in [7, 11) is 0. The van der Waals surface area contributed by atoms with E-state index >= 15 is 0 Å². The van der Waals surface area contributed by atoms with Crippen molar-refractivity contribution in [3.8, 4) is 16.9 Å². The fourth-order valence-corrected chi connectivity index (χ4v) is 4.81. The number of hydrogen-bond donors (Lipinski definition) is 0. The molecule has 0 spiro atoms. The summed E-state index contributed by atoms with van der Waals surface area (Å²) >= 11 is 14.3. The van der Waals surface area contributed by atoms with Gasteiger partial charge in [0.1, 0.15) is 0 Å². The van der Waals surface area contributed by atoms with Gasteiger partial charge in [0.15, 0.2) is 0 Å². The molecule has 3 aromatic rings. The van der Waals surface area contributed by atoms with Crippen molar-refractivity contribution in [2.24, 2.45) is 0 Å². The molecule has 0 N–H and O–H groups in total. The lowest BCUT2D eigenvalue weighted by Gasteiger charge is -2.26. The van der Waals surface area contributed by atoms with E-state index in [1.807, 2.05) is 36.0 Å². The third kappa shape index (κ3) is 4.22. The summed E-state index contributed by atoms with van der Waals surface area (Å²) in [6.45, 7) is 5.52. The van der Waals surface area contributed by atoms with Crippen molar-refractivity contribution in [1.29, 1.82) is 0 Å². The molecular formula is C22H22Cl2N2S. The van der Waals surface area contributed by atoms with Crippen LogP contribution >= 0.6 is 35.0 Å². The van der Waals surface area contributed by atoms with E-state index in [9.17, 15) is 0 Å². The number of aromatic nitrogens is 1. The highest BCUT2D eigenvalue weighted by Crippen LogP contribution is 2.31. The standard InChI is InChI=1S/C22H22Cl2N2S/c1-16-18(15-25-10-12-27-13-11-25)14-22(17-2-4-19(23)5-3-17)26(16)21-8-6-20(24)7-9-21/h2-9,14H,10-13,15H2,1H3. The molecule has 0 radical (unpaired) electrons. The molecule has 1 aliphatic rings. The molecule has 2 nitrogen and oxygen atoms in total. The van der Waals surface area contributed by atoms with Gasteiger partial charge in [-0.25, -0.2) is 0 Å². The minimum atomic E-state index is 0.752. The van der Waals surface area contributed by atoms with Crippen LogP contribution in [0.5, 0.6) is 0 Å². The van der Waals surface area contributed by atoms with E-state index in [0.717, 1.165) is 40.9 Å². The van der Waals surface area contributed by atoms with Crippen LogP contribution in [0.2, 0.25) is 10.0 Å². The molecule has 4 rings (SSSR count). The highest BCUT2D eigenvalue weighted by molar-refractivity contribution is 7.99. The first kappa shape index (κ1) is 18.9. The maximum Gasteiger partial charge on any atom is 0.0534 e. The molecule has 1 fully saturated rings. The fraction of sp³-hybridized carbons (Fsp3) is 0.273. The van der Waals surface area contributed by atoms with Crippen molar-refractivity contribution in [2.75, 3.05) is 24.6 Å². The summed E-state index contributed by atoms with van der Waals surface area (Å²) in [4.78, 5) is 2.55. The van der Waals surface area contributed by atoms with Gasteiger partial charge in [-0.3, -0.25) is 4.90 Å². The van der Waals surface area contributed by atoms with Crippen molar-refractivity contribution in [2.45, 2.75) is 13.5 Å². The second-order valence-electron chi connectivity index (χ2n) is 6.85. The van der Waals surface area contributed by atoms with Crippen molar-refractivity contribution in [3.63, 3.8) is 0 Å². The third-order valence-electron chi connectivity index (χ3n) is 5.07. The zero-order valence-corrected chi connectivity index (χ0v) is 17.6. The van der Waals surface area contributed by atoms with Crippen LogP contribution in [0.25, 0.3) is 16.9 Å². The lowest BCUT2D eigenvalue weighted by Crippen LogP contribution is -2.32. The Morgan fingerprint density at radius 2 is 1.48 bits per heavy atom. The zero-order chi connectivity index (χ0) is 18.8. The summed E-state index contributed by atoms with van der Waals surface area (Å²) in [6.07, 6.45) is 0. The number of thioether (sulfide) groups is 1. The normalized spacial score (nSPS) is 15.2. The van der Waals surface area contributed by atoms with E-state index in [-0.39, 0.29) is 0 Å². The second kappa shape index (κ2) is 8.32. The minimum absolute atomic E-state index is 0.752. The summed E-state index contributed by atoms with van der Waals surface area (Å²) in [5, 5.41) is 1.51. The van der Waals surface area contributed by atoms with Gasteiger partial charge in [-0.15, -0.1) is 0 Å². The molecule has 140 valence electrons. The maximum atomic E-state index is 6.11. The van der Waals surface area contributed by atoms with E-state index in [1.165, 1.54) is 28.5 Å². The van der Waals surface area contributed by atoms with Gasteiger partial charge in [0, 0.05) is 52.6 Å². The number of rotatable bonds is 4. The van der Waals surface area contributed by atoms with Gasteiger partial charge in [0.05, 0.1) is 5.69 Å². The van der Waals surface area contributed by atoms with Crippen LogP contribution in [0.4, 0.5) is 0 Å². The van der Waals surface area contributed by atoms with Gasteiger partial charge >= 0.3 is 0 Å². The van der Waals surface area contributed by atoms with Crippen LogP contribution in [0, 0.1) is 6.92 Å². The van der Waals surface area contributed by atoms with E-state index in [1.54, 1.807) is 0 Å².